The fraction of sp³-hybridized carbons (Fsp3) is 0.417. The van der Waals surface area contributed by atoms with E-state index in [4.69, 9.17) is 16.2 Å². The Bertz CT molecular complexity index is 386. The number of benzene rings is 1. The molecule has 0 radical (unpaired) electrons. The number of hydrogen-bond acceptors (Lipinski definition) is 4. The van der Waals surface area contributed by atoms with E-state index in [-0.39, 0.29) is 12.6 Å². The van der Waals surface area contributed by atoms with Gasteiger partial charge in [-0.25, -0.2) is 4.99 Å². The number of aliphatic hydroxyl groups excluding tert-OH is 1. The summed E-state index contributed by atoms with van der Waals surface area (Å²) in [7, 11) is 3.79. The first-order chi connectivity index (χ1) is 8.47. The highest BCUT2D eigenvalue weighted by Gasteiger charge is 2.06. The van der Waals surface area contributed by atoms with Crippen LogP contribution in [0, 0.1) is 0 Å². The standard InChI is InChI=1S/C12H20N4O2/c1-16(2)7-10(17)8-18-11-5-3-9(4-6-11)15-12(13)14/h3-6,10,17H,7-8H2,1-2H3,(H4,13,14,15). The Hall–Kier alpha value is -1.79. The zero-order valence-corrected chi connectivity index (χ0v) is 10.7. The van der Waals surface area contributed by atoms with Gasteiger partial charge in [0.1, 0.15) is 18.5 Å². The second-order valence-electron chi connectivity index (χ2n) is 4.26. The van der Waals surface area contributed by atoms with Gasteiger partial charge in [0.05, 0.1) is 5.69 Å². The van der Waals surface area contributed by atoms with E-state index in [1.165, 1.54) is 0 Å². The van der Waals surface area contributed by atoms with Gasteiger partial charge in [-0.15, -0.1) is 0 Å². The lowest BCUT2D eigenvalue weighted by Gasteiger charge is -2.16. The fourth-order valence-electron chi connectivity index (χ4n) is 1.43. The molecule has 1 atom stereocenters. The monoisotopic (exact) mass is 252 g/mol. The molecule has 1 rings (SSSR count). The normalized spacial score (nSPS) is 12.2. The molecule has 6 heteroatoms. The van der Waals surface area contributed by atoms with Gasteiger partial charge < -0.3 is 26.2 Å². The van der Waals surface area contributed by atoms with Crippen molar-refractivity contribution < 1.29 is 9.84 Å². The summed E-state index contributed by atoms with van der Waals surface area (Å²) in [6, 6.07) is 7.00. The number of ether oxygens (including phenoxy) is 1. The third-order valence-corrected chi connectivity index (χ3v) is 2.11. The third-order valence-electron chi connectivity index (χ3n) is 2.11. The quantitative estimate of drug-likeness (QED) is 0.485. The van der Waals surface area contributed by atoms with Crippen molar-refractivity contribution in [2.75, 3.05) is 27.2 Å². The molecular formula is C12H20N4O2. The maximum absolute atomic E-state index is 9.63. The summed E-state index contributed by atoms with van der Waals surface area (Å²) in [4.78, 5) is 5.79. The molecule has 1 unspecified atom stereocenters. The first kappa shape index (κ1) is 14.3. The number of nitrogens with zero attached hydrogens (tertiary/aromatic N) is 2. The minimum Gasteiger partial charge on any atom is -0.491 e. The minimum atomic E-state index is -0.516. The summed E-state index contributed by atoms with van der Waals surface area (Å²) < 4.78 is 5.44. The number of nitrogens with two attached hydrogens (primary N) is 2. The van der Waals surface area contributed by atoms with Crippen molar-refractivity contribution in [3.63, 3.8) is 0 Å². The number of hydrogen-bond donors (Lipinski definition) is 3. The van der Waals surface area contributed by atoms with E-state index in [2.05, 4.69) is 4.99 Å². The van der Waals surface area contributed by atoms with Crippen LogP contribution in [0.2, 0.25) is 0 Å². The van der Waals surface area contributed by atoms with Gasteiger partial charge in [0.2, 0.25) is 0 Å². The maximum atomic E-state index is 9.63. The van der Waals surface area contributed by atoms with E-state index in [0.29, 0.717) is 18.0 Å². The summed E-state index contributed by atoms with van der Waals surface area (Å²) in [5.74, 6) is 0.687. The van der Waals surface area contributed by atoms with Gasteiger partial charge in [0.15, 0.2) is 5.96 Å². The van der Waals surface area contributed by atoms with Crippen LogP contribution < -0.4 is 16.2 Å². The van der Waals surface area contributed by atoms with Crippen molar-refractivity contribution in [1.29, 1.82) is 0 Å². The number of aliphatic imine (C=N–C) groups is 1. The van der Waals surface area contributed by atoms with Crippen LogP contribution in [0.4, 0.5) is 5.69 Å². The second-order valence-corrected chi connectivity index (χ2v) is 4.26. The summed E-state index contributed by atoms with van der Waals surface area (Å²) >= 11 is 0. The van der Waals surface area contributed by atoms with Crippen molar-refractivity contribution in [1.82, 2.24) is 4.90 Å². The van der Waals surface area contributed by atoms with E-state index in [1.807, 2.05) is 19.0 Å². The van der Waals surface area contributed by atoms with E-state index in [9.17, 15) is 5.11 Å². The van der Waals surface area contributed by atoms with Crippen LogP contribution in [0.5, 0.6) is 5.75 Å². The highest BCUT2D eigenvalue weighted by molar-refractivity contribution is 5.78. The van der Waals surface area contributed by atoms with Crippen LogP contribution in [0.15, 0.2) is 29.3 Å². The molecule has 0 fully saturated rings. The number of rotatable bonds is 6. The molecule has 18 heavy (non-hydrogen) atoms. The molecular weight excluding hydrogens is 232 g/mol. The highest BCUT2D eigenvalue weighted by atomic mass is 16.5. The lowest BCUT2D eigenvalue weighted by Crippen LogP contribution is -2.30. The number of likely N-dealkylation sites (N-methyl/N-ethyl adjacent to an activating group) is 1. The van der Waals surface area contributed by atoms with E-state index < -0.39 is 6.10 Å². The molecule has 0 aromatic heterocycles. The van der Waals surface area contributed by atoms with Gasteiger partial charge in [-0.2, -0.15) is 0 Å². The van der Waals surface area contributed by atoms with Crippen LogP contribution in [0.25, 0.3) is 0 Å². The Morgan fingerprint density at radius 3 is 2.44 bits per heavy atom. The van der Waals surface area contributed by atoms with E-state index >= 15 is 0 Å². The average molecular weight is 252 g/mol. The average Bonchev–Trinajstić information content (AvgIpc) is 2.26. The molecule has 1 aromatic carbocycles. The predicted molar refractivity (Wildman–Crippen MR) is 72.0 cm³/mol. The van der Waals surface area contributed by atoms with E-state index in [1.54, 1.807) is 24.3 Å². The van der Waals surface area contributed by atoms with Gasteiger partial charge >= 0.3 is 0 Å². The first-order valence-electron chi connectivity index (χ1n) is 5.62. The second kappa shape index (κ2) is 6.83. The molecule has 6 nitrogen and oxygen atoms in total. The van der Waals surface area contributed by atoms with Crippen LogP contribution in [0.3, 0.4) is 0 Å². The third kappa shape index (κ3) is 5.51. The van der Waals surface area contributed by atoms with Gasteiger partial charge in [-0.05, 0) is 38.4 Å². The van der Waals surface area contributed by atoms with Gasteiger partial charge in [-0.1, -0.05) is 0 Å². The molecule has 0 aliphatic heterocycles. The molecule has 0 aliphatic rings. The van der Waals surface area contributed by atoms with Crippen LogP contribution >= 0.6 is 0 Å². The van der Waals surface area contributed by atoms with Crippen molar-refractivity contribution >= 4 is 11.6 Å². The summed E-state index contributed by atoms with van der Waals surface area (Å²) in [6.07, 6.45) is -0.516. The Kier molecular flexibility index (Phi) is 5.41. The molecule has 0 bridgehead atoms. The van der Waals surface area contributed by atoms with Gasteiger partial charge in [0.25, 0.3) is 0 Å². The Morgan fingerprint density at radius 1 is 1.33 bits per heavy atom. The molecule has 0 amide bonds. The maximum Gasteiger partial charge on any atom is 0.191 e. The van der Waals surface area contributed by atoms with Crippen LogP contribution in [-0.2, 0) is 0 Å². The smallest absolute Gasteiger partial charge is 0.191 e. The minimum absolute atomic E-state index is 0.0186. The predicted octanol–water partition coefficient (Wildman–Crippen LogP) is -0.107. The molecule has 0 heterocycles. The topological polar surface area (TPSA) is 97.1 Å². The molecule has 100 valence electrons. The van der Waals surface area contributed by atoms with Crippen molar-refractivity contribution in [2.45, 2.75) is 6.10 Å². The first-order valence-corrected chi connectivity index (χ1v) is 5.62. The van der Waals surface area contributed by atoms with Crippen molar-refractivity contribution in [2.24, 2.45) is 16.5 Å². The van der Waals surface area contributed by atoms with Gasteiger partial charge in [0, 0.05) is 6.54 Å². The fourth-order valence-corrected chi connectivity index (χ4v) is 1.43. The Morgan fingerprint density at radius 2 is 1.94 bits per heavy atom. The molecule has 5 N–H and O–H groups in total. The zero-order chi connectivity index (χ0) is 13.5. The summed E-state index contributed by atoms with van der Waals surface area (Å²) in [5.41, 5.74) is 11.2. The molecule has 0 saturated heterocycles. The van der Waals surface area contributed by atoms with Crippen molar-refractivity contribution in [3.8, 4) is 5.75 Å². The SMILES string of the molecule is CN(C)CC(O)COc1ccc(N=C(N)N)cc1. The lowest BCUT2D eigenvalue weighted by molar-refractivity contribution is 0.0831. The number of guanidine groups is 1. The molecule has 0 saturated carbocycles. The van der Waals surface area contributed by atoms with Gasteiger partial charge in [-0.3, -0.25) is 0 Å². The van der Waals surface area contributed by atoms with E-state index in [0.717, 1.165) is 0 Å². The van der Waals surface area contributed by atoms with Crippen LogP contribution in [-0.4, -0.2) is 49.3 Å². The Labute approximate surface area is 107 Å². The summed E-state index contributed by atoms with van der Waals surface area (Å²) in [5, 5.41) is 9.63. The zero-order valence-electron chi connectivity index (χ0n) is 10.7. The Balaban J connectivity index is 2.46. The molecule has 0 spiro atoms. The summed E-state index contributed by atoms with van der Waals surface area (Å²) in [6.45, 7) is 0.811. The largest absolute Gasteiger partial charge is 0.491 e. The lowest BCUT2D eigenvalue weighted by atomic mass is 10.3. The van der Waals surface area contributed by atoms with Crippen LogP contribution in [0.1, 0.15) is 0 Å². The molecule has 1 aromatic rings. The molecule has 0 aliphatic carbocycles. The van der Waals surface area contributed by atoms with Crippen molar-refractivity contribution in [3.05, 3.63) is 24.3 Å². The number of aliphatic hydroxyl groups is 1. The highest BCUT2D eigenvalue weighted by Crippen LogP contribution is 2.17.